The average molecular weight is 186 g/mol. The molecule has 1 heterocycles. The molecule has 1 saturated heterocycles. The third-order valence-corrected chi connectivity index (χ3v) is 3.08. The van der Waals surface area contributed by atoms with E-state index in [4.69, 9.17) is 5.73 Å². The number of hydrogen-bond donors (Lipinski definition) is 2. The van der Waals surface area contributed by atoms with Gasteiger partial charge in [-0.3, -0.25) is 4.90 Å². The zero-order valence-corrected chi connectivity index (χ0v) is 8.79. The summed E-state index contributed by atoms with van der Waals surface area (Å²) in [6.07, 6.45) is 2.77. The highest BCUT2D eigenvalue weighted by molar-refractivity contribution is 4.85. The van der Waals surface area contributed by atoms with Gasteiger partial charge in [0.15, 0.2) is 0 Å². The van der Waals surface area contributed by atoms with E-state index in [0.717, 1.165) is 38.9 Å². The maximum Gasteiger partial charge on any atom is 0.0564 e. The van der Waals surface area contributed by atoms with Crippen LogP contribution in [0.15, 0.2) is 0 Å². The number of aliphatic hydroxyl groups excluding tert-OH is 1. The largest absolute Gasteiger partial charge is 0.393 e. The summed E-state index contributed by atoms with van der Waals surface area (Å²) in [6, 6.07) is 0. The molecule has 0 atom stereocenters. The molecular weight excluding hydrogens is 164 g/mol. The Labute approximate surface area is 80.9 Å². The summed E-state index contributed by atoms with van der Waals surface area (Å²) in [5, 5.41) is 9.37. The zero-order chi connectivity index (χ0) is 9.90. The van der Waals surface area contributed by atoms with Crippen molar-refractivity contribution >= 4 is 0 Å². The van der Waals surface area contributed by atoms with Crippen molar-refractivity contribution in [3.05, 3.63) is 0 Å². The Morgan fingerprint density at radius 1 is 1.38 bits per heavy atom. The van der Waals surface area contributed by atoms with Crippen LogP contribution in [0.4, 0.5) is 0 Å². The highest BCUT2D eigenvalue weighted by atomic mass is 16.3. The molecule has 0 unspecified atom stereocenters. The molecule has 1 rings (SSSR count). The number of nitrogens with zero attached hydrogens (tertiary/aromatic N) is 1. The first-order chi connectivity index (χ1) is 6.06. The Morgan fingerprint density at radius 3 is 2.38 bits per heavy atom. The fraction of sp³-hybridized carbons (Fsp3) is 1.00. The van der Waals surface area contributed by atoms with Crippen LogP contribution in [0.3, 0.4) is 0 Å². The van der Waals surface area contributed by atoms with E-state index in [1.54, 1.807) is 0 Å². The van der Waals surface area contributed by atoms with Gasteiger partial charge in [0, 0.05) is 18.6 Å². The minimum Gasteiger partial charge on any atom is -0.393 e. The SMILES string of the molecule is CC(C)(CCN)N1CCC(O)CC1. The fourth-order valence-corrected chi connectivity index (χ4v) is 1.98. The topological polar surface area (TPSA) is 49.5 Å². The highest BCUT2D eigenvalue weighted by Crippen LogP contribution is 2.22. The first-order valence-corrected chi connectivity index (χ1v) is 5.19. The summed E-state index contributed by atoms with van der Waals surface area (Å²) in [7, 11) is 0. The Hall–Kier alpha value is -0.120. The number of hydrogen-bond acceptors (Lipinski definition) is 3. The van der Waals surface area contributed by atoms with Crippen LogP contribution in [-0.2, 0) is 0 Å². The molecule has 1 aliphatic heterocycles. The van der Waals surface area contributed by atoms with Crippen LogP contribution in [0.2, 0.25) is 0 Å². The van der Waals surface area contributed by atoms with Gasteiger partial charge in [-0.1, -0.05) is 0 Å². The van der Waals surface area contributed by atoms with Gasteiger partial charge >= 0.3 is 0 Å². The zero-order valence-electron chi connectivity index (χ0n) is 8.79. The van der Waals surface area contributed by atoms with Gasteiger partial charge in [0.1, 0.15) is 0 Å². The minimum atomic E-state index is -0.0788. The lowest BCUT2D eigenvalue weighted by molar-refractivity contribution is 0.0279. The molecule has 1 aliphatic rings. The van der Waals surface area contributed by atoms with E-state index in [2.05, 4.69) is 18.7 Å². The second kappa shape index (κ2) is 4.40. The molecule has 3 nitrogen and oxygen atoms in total. The Bertz CT molecular complexity index is 151. The van der Waals surface area contributed by atoms with Crippen molar-refractivity contribution in [2.75, 3.05) is 19.6 Å². The number of aliphatic hydroxyl groups is 1. The molecule has 1 fully saturated rings. The van der Waals surface area contributed by atoms with Gasteiger partial charge < -0.3 is 10.8 Å². The van der Waals surface area contributed by atoms with Crippen molar-refractivity contribution in [2.45, 2.75) is 44.8 Å². The Balaban J connectivity index is 2.42. The van der Waals surface area contributed by atoms with Gasteiger partial charge in [-0.2, -0.15) is 0 Å². The molecule has 0 bridgehead atoms. The molecule has 0 radical (unpaired) electrons. The van der Waals surface area contributed by atoms with E-state index < -0.39 is 0 Å². The van der Waals surface area contributed by atoms with Gasteiger partial charge in [0.2, 0.25) is 0 Å². The van der Waals surface area contributed by atoms with Crippen molar-refractivity contribution in [2.24, 2.45) is 5.73 Å². The molecule has 0 aliphatic carbocycles. The molecule has 0 aromatic heterocycles. The third-order valence-electron chi connectivity index (χ3n) is 3.08. The molecule has 0 aromatic carbocycles. The molecule has 0 aromatic rings. The lowest BCUT2D eigenvalue weighted by atomic mass is 9.94. The summed E-state index contributed by atoms with van der Waals surface area (Å²) >= 11 is 0. The van der Waals surface area contributed by atoms with Crippen LogP contribution < -0.4 is 5.73 Å². The number of nitrogens with two attached hydrogens (primary N) is 1. The molecule has 0 spiro atoms. The molecule has 13 heavy (non-hydrogen) atoms. The van der Waals surface area contributed by atoms with Crippen LogP contribution in [0.5, 0.6) is 0 Å². The monoisotopic (exact) mass is 186 g/mol. The first kappa shape index (κ1) is 11.0. The maximum atomic E-state index is 9.37. The van der Waals surface area contributed by atoms with Crippen molar-refractivity contribution in [1.82, 2.24) is 4.90 Å². The molecule has 0 saturated carbocycles. The van der Waals surface area contributed by atoms with E-state index >= 15 is 0 Å². The van der Waals surface area contributed by atoms with Crippen LogP contribution in [0, 0.1) is 0 Å². The quantitative estimate of drug-likeness (QED) is 0.677. The van der Waals surface area contributed by atoms with E-state index in [0.29, 0.717) is 0 Å². The van der Waals surface area contributed by atoms with Crippen molar-refractivity contribution in [1.29, 1.82) is 0 Å². The summed E-state index contributed by atoms with van der Waals surface area (Å²) in [4.78, 5) is 2.44. The molecule has 3 N–H and O–H groups in total. The van der Waals surface area contributed by atoms with Crippen molar-refractivity contribution in [3.8, 4) is 0 Å². The molecular formula is C10H22N2O. The molecule has 0 amide bonds. The van der Waals surface area contributed by atoms with Crippen LogP contribution >= 0.6 is 0 Å². The summed E-state index contributed by atoms with van der Waals surface area (Å²) < 4.78 is 0. The third kappa shape index (κ3) is 2.93. The normalized spacial score (nSPS) is 22.2. The lowest BCUT2D eigenvalue weighted by Crippen LogP contribution is -2.49. The predicted molar refractivity (Wildman–Crippen MR) is 54.6 cm³/mol. The van der Waals surface area contributed by atoms with Crippen LogP contribution in [-0.4, -0.2) is 41.3 Å². The lowest BCUT2D eigenvalue weighted by Gasteiger charge is -2.42. The van der Waals surface area contributed by atoms with Crippen LogP contribution in [0.1, 0.15) is 33.1 Å². The second-order valence-electron chi connectivity index (χ2n) is 4.57. The van der Waals surface area contributed by atoms with Crippen molar-refractivity contribution < 1.29 is 5.11 Å². The number of piperidine rings is 1. The van der Waals surface area contributed by atoms with E-state index in [1.807, 2.05) is 0 Å². The van der Waals surface area contributed by atoms with E-state index in [1.165, 1.54) is 0 Å². The van der Waals surface area contributed by atoms with Gasteiger partial charge in [0.05, 0.1) is 6.10 Å². The number of rotatable bonds is 3. The molecule has 78 valence electrons. The Morgan fingerprint density at radius 2 is 1.92 bits per heavy atom. The minimum absolute atomic E-state index is 0.0788. The van der Waals surface area contributed by atoms with E-state index in [9.17, 15) is 5.11 Å². The average Bonchev–Trinajstić information content (AvgIpc) is 2.05. The number of likely N-dealkylation sites (tertiary alicyclic amines) is 1. The van der Waals surface area contributed by atoms with E-state index in [-0.39, 0.29) is 11.6 Å². The van der Waals surface area contributed by atoms with Gasteiger partial charge in [-0.15, -0.1) is 0 Å². The maximum absolute atomic E-state index is 9.37. The summed E-state index contributed by atoms with van der Waals surface area (Å²) in [5.41, 5.74) is 5.78. The van der Waals surface area contributed by atoms with Gasteiger partial charge in [0.25, 0.3) is 0 Å². The standard InChI is InChI=1S/C10H22N2O/c1-10(2,5-6-11)12-7-3-9(13)4-8-12/h9,13H,3-8,11H2,1-2H3. The van der Waals surface area contributed by atoms with Gasteiger partial charge in [-0.05, 0) is 39.7 Å². The van der Waals surface area contributed by atoms with Crippen LogP contribution in [0.25, 0.3) is 0 Å². The predicted octanol–water partition coefficient (Wildman–Crippen LogP) is 0.571. The summed E-state index contributed by atoms with van der Waals surface area (Å²) in [6.45, 7) is 7.23. The molecule has 3 heteroatoms. The summed E-state index contributed by atoms with van der Waals surface area (Å²) in [5.74, 6) is 0. The van der Waals surface area contributed by atoms with Crippen molar-refractivity contribution in [3.63, 3.8) is 0 Å². The highest BCUT2D eigenvalue weighted by Gasteiger charge is 2.28. The fourth-order valence-electron chi connectivity index (χ4n) is 1.98. The first-order valence-electron chi connectivity index (χ1n) is 5.19. The Kier molecular flexibility index (Phi) is 3.71. The second-order valence-corrected chi connectivity index (χ2v) is 4.57. The van der Waals surface area contributed by atoms with Gasteiger partial charge in [-0.25, -0.2) is 0 Å². The smallest absolute Gasteiger partial charge is 0.0564 e.